The number of allylic oxidation sites excluding steroid dienone is 1. The summed E-state index contributed by atoms with van der Waals surface area (Å²) < 4.78 is 0. The topological polar surface area (TPSA) is 75.8 Å². The van der Waals surface area contributed by atoms with Gasteiger partial charge in [0.25, 0.3) is 0 Å². The van der Waals surface area contributed by atoms with Crippen LogP contribution < -0.4 is 24.7 Å². The zero-order valence-corrected chi connectivity index (χ0v) is 30.4. The van der Waals surface area contributed by atoms with Crippen molar-refractivity contribution in [3.8, 4) is 6.07 Å². The maximum absolute atomic E-state index is 7.49. The SMILES string of the molecule is C=C(CCl)c1ccccc1N.CC.CC.II.I[I-]I.N#CCCl.Nc1ccccc1. The number of hydrogen-bond acceptors (Lipinski definition) is 3. The van der Waals surface area contributed by atoms with E-state index in [9.17, 15) is 0 Å². The largest absolute Gasteiger partial charge is 0.399 e. The molecular weight excluding hydrogens is 1000 g/mol. The summed E-state index contributed by atoms with van der Waals surface area (Å²) in [5, 5.41) is 7.49. The minimum Gasteiger partial charge on any atom is -0.399 e. The van der Waals surface area contributed by atoms with Gasteiger partial charge in [0.05, 0.1) is 6.07 Å². The van der Waals surface area contributed by atoms with Crippen molar-refractivity contribution >= 4 is 115 Å². The van der Waals surface area contributed by atoms with Gasteiger partial charge in [0, 0.05) is 60.0 Å². The molecule has 0 aliphatic rings. The van der Waals surface area contributed by atoms with Crippen LogP contribution in [-0.2, 0) is 0 Å². The number of nitriles is 1. The van der Waals surface area contributed by atoms with E-state index in [0.717, 1.165) is 22.5 Å². The van der Waals surface area contributed by atoms with E-state index in [0.29, 0.717) is 19.1 Å². The normalized spacial score (nSPS) is 7.26. The van der Waals surface area contributed by atoms with Crippen LogP contribution in [0.4, 0.5) is 11.4 Å². The Labute approximate surface area is 252 Å². The first-order valence-corrected chi connectivity index (χ1v) is 28.7. The number of benzene rings is 2. The molecule has 2 aromatic carbocycles. The van der Waals surface area contributed by atoms with E-state index in [2.05, 4.69) is 81.0 Å². The summed E-state index contributed by atoms with van der Waals surface area (Å²) in [6.07, 6.45) is 0. The second-order valence-electron chi connectivity index (χ2n) is 4.08. The van der Waals surface area contributed by atoms with Crippen molar-refractivity contribution < 1.29 is 13.3 Å². The fraction of sp³-hybridized carbons (Fsp3) is 0.286. The van der Waals surface area contributed by atoms with Crippen molar-refractivity contribution in [2.24, 2.45) is 0 Å². The molecule has 0 amide bonds. The van der Waals surface area contributed by atoms with Gasteiger partial charge >= 0.3 is 50.5 Å². The van der Waals surface area contributed by atoms with E-state index >= 15 is 0 Å². The number of hydrogen-bond donors (Lipinski definition) is 2. The van der Waals surface area contributed by atoms with Gasteiger partial charge in [-0.2, -0.15) is 5.26 Å². The number of anilines is 2. The summed E-state index contributed by atoms with van der Waals surface area (Å²) in [7, 11) is 0. The third-order valence-corrected chi connectivity index (χ3v) is 2.80. The van der Waals surface area contributed by atoms with Crippen LogP contribution in [0.15, 0.2) is 61.2 Å². The summed E-state index contributed by atoms with van der Waals surface area (Å²) in [5.74, 6) is 0.522. The van der Waals surface area contributed by atoms with Crippen molar-refractivity contribution in [1.29, 1.82) is 5.26 Å². The summed E-state index contributed by atoms with van der Waals surface area (Å²) in [6, 6.07) is 18.7. The molecule has 0 radical (unpaired) electrons. The molecule has 31 heavy (non-hydrogen) atoms. The molecule has 0 aromatic heterocycles. The zero-order valence-electron chi connectivity index (χ0n) is 18.1. The number of nitrogens with two attached hydrogens (primary N) is 2. The molecule has 0 heterocycles. The number of para-hydroxylation sites is 2. The van der Waals surface area contributed by atoms with Crippen molar-refractivity contribution in [1.82, 2.24) is 0 Å². The number of nitrogens with zero attached hydrogens (tertiary/aromatic N) is 1. The van der Waals surface area contributed by atoms with Crippen molar-refractivity contribution in [2.45, 2.75) is 27.7 Å². The summed E-state index contributed by atoms with van der Waals surface area (Å²) in [5.41, 5.74) is 14.4. The van der Waals surface area contributed by atoms with Gasteiger partial charge in [-0.25, -0.2) is 0 Å². The van der Waals surface area contributed by atoms with Gasteiger partial charge < -0.3 is 11.5 Å². The molecule has 0 atom stereocenters. The van der Waals surface area contributed by atoms with Crippen LogP contribution in [0.5, 0.6) is 0 Å². The second kappa shape index (κ2) is 41.7. The van der Waals surface area contributed by atoms with Gasteiger partial charge in [-0.1, -0.05) is 70.7 Å². The zero-order chi connectivity index (χ0) is 25.5. The molecule has 0 saturated heterocycles. The minimum atomic E-state index is 0.0972. The molecule has 0 aliphatic carbocycles. The molecule has 0 saturated carbocycles. The average molecular weight is 1030 g/mol. The smallest absolute Gasteiger partial charge is 0.109 e. The minimum absolute atomic E-state index is 0.0972. The van der Waals surface area contributed by atoms with Crippen LogP contribution in [0, 0.1) is 11.3 Å². The molecule has 0 spiro atoms. The number of halogens is 7. The number of nitrogen functional groups attached to an aromatic ring is 2. The second-order valence-corrected chi connectivity index (χ2v) is 20.9. The monoisotopic (exact) mass is 1030 g/mol. The molecular formula is C21H31Cl2I5N3-. The molecule has 4 N–H and O–H groups in total. The predicted molar refractivity (Wildman–Crippen MR) is 177 cm³/mol. The molecule has 0 fully saturated rings. The third-order valence-electron chi connectivity index (χ3n) is 2.36. The molecule has 180 valence electrons. The predicted octanol–water partition coefficient (Wildman–Crippen LogP) is 7.14. The molecule has 0 bridgehead atoms. The fourth-order valence-electron chi connectivity index (χ4n) is 1.34. The number of alkyl halides is 2. The van der Waals surface area contributed by atoms with Crippen molar-refractivity contribution in [3.63, 3.8) is 0 Å². The average Bonchev–Trinajstić information content (AvgIpc) is 2.84. The van der Waals surface area contributed by atoms with Gasteiger partial charge in [0.2, 0.25) is 0 Å². The summed E-state index contributed by atoms with van der Waals surface area (Å²) >= 11 is 20.0. The Morgan fingerprint density at radius 2 is 1.29 bits per heavy atom. The Kier molecular flexibility index (Phi) is 57.4. The standard InChI is InChI=1S/C9H10ClN.C6H7N.C2H2ClN.2C2H6.I3.I2/c1-7(6-10)8-4-2-3-5-9(8)11;7-6-4-2-1-3-5-6;3-1-2-4;2*1-2;1-3-2;1-2/h2-5H,1,6,11H2;1-5H,7H2;1H2;2*1-2H3;;/q;;;;;-1;. The molecule has 2 rings (SSSR count). The van der Waals surface area contributed by atoms with Gasteiger partial charge in [-0.05, 0) is 23.8 Å². The summed E-state index contributed by atoms with van der Waals surface area (Å²) in [4.78, 5) is 0. The Morgan fingerprint density at radius 1 is 0.935 bits per heavy atom. The van der Waals surface area contributed by atoms with E-state index in [-0.39, 0.29) is 5.88 Å². The third kappa shape index (κ3) is 36.2. The van der Waals surface area contributed by atoms with Gasteiger partial charge in [-0.15, -0.1) is 23.2 Å². The van der Waals surface area contributed by atoms with E-state index < -0.39 is 0 Å². The Bertz CT molecular complexity index is 628. The Morgan fingerprint density at radius 3 is 1.55 bits per heavy atom. The first-order chi connectivity index (χ1) is 15.0. The van der Waals surface area contributed by atoms with E-state index in [4.69, 9.17) is 39.9 Å². The van der Waals surface area contributed by atoms with Gasteiger partial charge in [0.15, 0.2) is 0 Å². The van der Waals surface area contributed by atoms with Crippen LogP contribution in [0.3, 0.4) is 0 Å². The van der Waals surface area contributed by atoms with Crippen LogP contribution in [0.1, 0.15) is 33.3 Å². The maximum Gasteiger partial charge on any atom is 0.109 e. The summed E-state index contributed by atoms with van der Waals surface area (Å²) in [6.45, 7) is 11.8. The van der Waals surface area contributed by atoms with Crippen LogP contribution in [-0.4, -0.2) is 11.8 Å². The Balaban J connectivity index is -0.0000000977. The first kappa shape index (κ1) is 42.6. The molecule has 2 aromatic rings. The van der Waals surface area contributed by atoms with E-state index in [1.807, 2.05) is 82.3 Å². The van der Waals surface area contributed by atoms with Crippen molar-refractivity contribution in [3.05, 3.63) is 66.7 Å². The van der Waals surface area contributed by atoms with E-state index in [1.165, 1.54) is 0 Å². The molecule has 0 aliphatic heterocycles. The fourth-order valence-corrected chi connectivity index (χ4v) is 1.49. The Hall–Kier alpha value is 1.50. The van der Waals surface area contributed by atoms with E-state index in [1.54, 1.807) is 6.07 Å². The van der Waals surface area contributed by atoms with Crippen LogP contribution >= 0.6 is 97.7 Å². The van der Waals surface area contributed by atoms with Gasteiger partial charge in [0.1, 0.15) is 5.88 Å². The maximum atomic E-state index is 7.49. The van der Waals surface area contributed by atoms with Crippen LogP contribution in [0.2, 0.25) is 0 Å². The van der Waals surface area contributed by atoms with Crippen molar-refractivity contribution in [2.75, 3.05) is 23.2 Å². The molecule has 3 nitrogen and oxygen atoms in total. The molecule has 0 unspecified atom stereocenters. The van der Waals surface area contributed by atoms with Crippen LogP contribution in [0.25, 0.3) is 5.57 Å². The molecule has 10 heteroatoms. The number of rotatable bonds is 2. The quantitative estimate of drug-likeness (QED) is 0.191. The first-order valence-electron chi connectivity index (χ1n) is 8.81. The van der Waals surface area contributed by atoms with Gasteiger partial charge in [-0.3, -0.25) is 0 Å².